The molecule has 246 valence electrons. The number of ether oxygens (including phenoxy) is 3. The van der Waals surface area contributed by atoms with Gasteiger partial charge in [0.2, 0.25) is 23.0 Å². The van der Waals surface area contributed by atoms with Crippen molar-refractivity contribution in [3.8, 4) is 39.8 Å². The van der Waals surface area contributed by atoms with E-state index >= 15 is 0 Å². The molecule has 1 aliphatic rings. The van der Waals surface area contributed by atoms with Crippen molar-refractivity contribution in [1.82, 2.24) is 15.3 Å². The second-order valence-corrected chi connectivity index (χ2v) is 12.7. The first-order valence-electron chi connectivity index (χ1n) is 15.0. The van der Waals surface area contributed by atoms with E-state index in [2.05, 4.69) is 25.9 Å². The molecule has 0 spiro atoms. The summed E-state index contributed by atoms with van der Waals surface area (Å²) in [6.45, 7) is 1.45. The maximum atomic E-state index is 13.9. The number of rotatable bonds is 12. The second kappa shape index (κ2) is 15.3. The molecule has 0 bridgehead atoms. The number of hydrogen-bond acceptors (Lipinski definition) is 11. The van der Waals surface area contributed by atoms with Crippen molar-refractivity contribution < 1.29 is 23.8 Å². The van der Waals surface area contributed by atoms with Gasteiger partial charge in [-0.2, -0.15) is 11.8 Å². The van der Waals surface area contributed by atoms with Crippen molar-refractivity contribution >= 4 is 45.7 Å². The van der Waals surface area contributed by atoms with E-state index in [0.29, 0.717) is 69.9 Å². The molecule has 47 heavy (non-hydrogen) atoms. The third-order valence-electron chi connectivity index (χ3n) is 7.83. The molecule has 5 rings (SSSR count). The number of nitrogens with zero attached hydrogens (tertiary/aromatic N) is 2. The molecule has 2 aromatic carbocycles. The number of methoxy groups -OCH3 is 3. The van der Waals surface area contributed by atoms with Crippen LogP contribution < -0.4 is 35.6 Å². The van der Waals surface area contributed by atoms with E-state index in [4.69, 9.17) is 14.2 Å². The van der Waals surface area contributed by atoms with Gasteiger partial charge in [-0.1, -0.05) is 12.1 Å². The Balaban J connectivity index is 1.54. The molecule has 2 aromatic heterocycles. The number of pyridine rings is 1. The van der Waals surface area contributed by atoms with Crippen LogP contribution in [0.2, 0.25) is 0 Å². The molecule has 0 saturated carbocycles. The standard InChI is InChI=1S/C34H37N5O6S2/c1-19(40)36-23-11-9-20-16-29(43-2)31(44-3)32(45-4)30(20)21-10-12-25(28(41)17-22(21)23)37-26(13-15-46-5)33(42)39-34-38-27(18-47-34)24-8-6-7-14-35-24/h6-8,10,12,14,16-18,23,26H,9,11,13,15H2,1-5H3,(H,36,40)(H,37,41)(H,38,39,42)/t23-,26-/m0/s1. The minimum Gasteiger partial charge on any atom is -0.493 e. The zero-order chi connectivity index (χ0) is 33.5. The van der Waals surface area contributed by atoms with E-state index in [1.807, 2.05) is 42.0 Å². The smallest absolute Gasteiger partial charge is 0.248 e. The van der Waals surface area contributed by atoms with Crippen molar-refractivity contribution in [1.29, 1.82) is 0 Å². The zero-order valence-electron chi connectivity index (χ0n) is 26.8. The summed E-state index contributed by atoms with van der Waals surface area (Å²) in [6.07, 6.45) is 5.24. The highest BCUT2D eigenvalue weighted by atomic mass is 32.2. The van der Waals surface area contributed by atoms with Gasteiger partial charge >= 0.3 is 0 Å². The van der Waals surface area contributed by atoms with Crippen LogP contribution in [0, 0.1) is 0 Å². The Bertz CT molecular complexity index is 1820. The summed E-state index contributed by atoms with van der Waals surface area (Å²) in [5.41, 5.74) is 4.31. The number of carbonyl (C=O) groups excluding carboxylic acids is 2. The van der Waals surface area contributed by atoms with E-state index in [1.165, 1.54) is 31.4 Å². The maximum Gasteiger partial charge on any atom is 0.248 e. The number of thiazole rings is 1. The number of fused-ring (bicyclic) bond motifs is 3. The van der Waals surface area contributed by atoms with Crippen LogP contribution in [0.4, 0.5) is 10.8 Å². The predicted molar refractivity (Wildman–Crippen MR) is 187 cm³/mol. The Labute approximate surface area is 281 Å². The first-order chi connectivity index (χ1) is 22.8. The number of aromatic nitrogens is 2. The van der Waals surface area contributed by atoms with Gasteiger partial charge < -0.3 is 30.2 Å². The lowest BCUT2D eigenvalue weighted by Gasteiger charge is -2.19. The number of amides is 2. The molecule has 0 unspecified atom stereocenters. The van der Waals surface area contributed by atoms with E-state index in [0.717, 1.165) is 11.1 Å². The molecule has 0 saturated heterocycles. The summed E-state index contributed by atoms with van der Waals surface area (Å²) in [4.78, 5) is 48.6. The minimum absolute atomic E-state index is 0.214. The summed E-state index contributed by atoms with van der Waals surface area (Å²) in [6, 6.07) is 11.3. The molecular formula is C34H37N5O6S2. The summed E-state index contributed by atoms with van der Waals surface area (Å²) in [7, 11) is 4.66. The third-order valence-corrected chi connectivity index (χ3v) is 9.24. The van der Waals surface area contributed by atoms with Crippen molar-refractivity contribution in [2.24, 2.45) is 0 Å². The highest BCUT2D eigenvalue weighted by molar-refractivity contribution is 7.98. The van der Waals surface area contributed by atoms with E-state index < -0.39 is 12.1 Å². The van der Waals surface area contributed by atoms with Gasteiger partial charge in [0, 0.05) is 24.1 Å². The lowest BCUT2D eigenvalue weighted by Crippen LogP contribution is -2.36. The highest BCUT2D eigenvalue weighted by Crippen LogP contribution is 2.50. The first kappa shape index (κ1) is 33.7. The average molecular weight is 676 g/mol. The van der Waals surface area contributed by atoms with Crippen LogP contribution >= 0.6 is 23.1 Å². The van der Waals surface area contributed by atoms with E-state index in [-0.39, 0.29) is 22.9 Å². The van der Waals surface area contributed by atoms with Crippen LogP contribution in [-0.4, -0.2) is 61.2 Å². The Morgan fingerprint density at radius 2 is 1.87 bits per heavy atom. The summed E-state index contributed by atoms with van der Waals surface area (Å²) in [5, 5.41) is 11.4. The number of anilines is 2. The molecule has 2 atom stereocenters. The van der Waals surface area contributed by atoms with Crippen molar-refractivity contribution in [2.45, 2.75) is 38.3 Å². The number of hydrogen-bond donors (Lipinski definition) is 3. The Morgan fingerprint density at radius 3 is 2.55 bits per heavy atom. The van der Waals surface area contributed by atoms with Gasteiger partial charge in [-0.05, 0) is 78.3 Å². The lowest BCUT2D eigenvalue weighted by molar-refractivity contribution is -0.120. The molecule has 13 heteroatoms. The first-order valence-corrected chi connectivity index (χ1v) is 17.3. The second-order valence-electron chi connectivity index (χ2n) is 10.8. The van der Waals surface area contributed by atoms with Crippen LogP contribution in [0.15, 0.2) is 58.8 Å². The van der Waals surface area contributed by atoms with Gasteiger partial charge in [0.25, 0.3) is 0 Å². The molecule has 2 amide bonds. The molecule has 0 radical (unpaired) electrons. The zero-order valence-corrected chi connectivity index (χ0v) is 28.5. The van der Waals surface area contributed by atoms with Crippen LogP contribution in [0.3, 0.4) is 0 Å². The van der Waals surface area contributed by atoms with Gasteiger partial charge in [0.05, 0.1) is 38.8 Å². The van der Waals surface area contributed by atoms with Crippen molar-refractivity contribution in [3.05, 3.63) is 75.4 Å². The normalized spacial score (nSPS) is 14.1. The van der Waals surface area contributed by atoms with Crippen LogP contribution in [-0.2, 0) is 16.0 Å². The van der Waals surface area contributed by atoms with Gasteiger partial charge in [0.15, 0.2) is 16.6 Å². The van der Waals surface area contributed by atoms with Gasteiger partial charge in [-0.3, -0.25) is 19.4 Å². The largest absolute Gasteiger partial charge is 0.493 e. The van der Waals surface area contributed by atoms with Crippen molar-refractivity contribution in [3.63, 3.8) is 0 Å². The lowest BCUT2D eigenvalue weighted by atomic mass is 9.95. The van der Waals surface area contributed by atoms with Crippen LogP contribution in [0.25, 0.3) is 22.5 Å². The summed E-state index contributed by atoms with van der Waals surface area (Å²) in [5.74, 6) is 1.56. The third kappa shape index (κ3) is 7.52. The monoisotopic (exact) mass is 675 g/mol. The fraction of sp³-hybridized carbons (Fsp3) is 0.324. The average Bonchev–Trinajstić information content (AvgIpc) is 3.42. The molecular weight excluding hydrogens is 639 g/mol. The number of carbonyl (C=O) groups is 2. The summed E-state index contributed by atoms with van der Waals surface area (Å²) >= 11 is 2.91. The fourth-order valence-corrected chi connectivity index (χ4v) is 6.85. The van der Waals surface area contributed by atoms with Crippen molar-refractivity contribution in [2.75, 3.05) is 44.0 Å². The molecule has 0 aliphatic heterocycles. The predicted octanol–water partition coefficient (Wildman–Crippen LogP) is 5.55. The summed E-state index contributed by atoms with van der Waals surface area (Å²) < 4.78 is 17.2. The number of aryl methyl sites for hydroxylation is 1. The minimum atomic E-state index is -0.725. The van der Waals surface area contributed by atoms with Gasteiger partial charge in [0.1, 0.15) is 11.7 Å². The Morgan fingerprint density at radius 1 is 1.06 bits per heavy atom. The van der Waals surface area contributed by atoms with Gasteiger partial charge in [-0.15, -0.1) is 11.3 Å². The van der Waals surface area contributed by atoms with E-state index in [1.54, 1.807) is 38.2 Å². The quantitative estimate of drug-likeness (QED) is 0.175. The molecule has 2 heterocycles. The van der Waals surface area contributed by atoms with Gasteiger partial charge in [-0.25, -0.2) is 4.98 Å². The molecule has 1 aliphatic carbocycles. The molecule has 11 nitrogen and oxygen atoms in total. The Kier molecular flexibility index (Phi) is 11.0. The maximum absolute atomic E-state index is 13.9. The number of thioether (sulfide) groups is 1. The number of benzene rings is 1. The Hall–Kier alpha value is -4.62. The SMILES string of the molecule is COc1cc2c(c(OC)c1OC)-c1ccc(N[C@@H](CCSC)C(=O)Nc3nc(-c4ccccn4)cs3)c(=O)cc1[C@@H](NC(C)=O)CC2. The fourth-order valence-electron chi connectivity index (χ4n) is 5.67. The molecule has 0 fully saturated rings. The topological polar surface area (TPSA) is 141 Å². The van der Waals surface area contributed by atoms with Crippen LogP contribution in [0.1, 0.15) is 36.9 Å². The molecule has 4 aromatic rings. The van der Waals surface area contributed by atoms with E-state index in [9.17, 15) is 14.4 Å². The van der Waals surface area contributed by atoms with Crippen LogP contribution in [0.5, 0.6) is 17.2 Å². The number of nitrogens with one attached hydrogen (secondary N) is 3. The molecule has 3 N–H and O–H groups in total. The highest BCUT2D eigenvalue weighted by Gasteiger charge is 2.30.